The largest absolute Gasteiger partial charge is 0.330 e. The molecular formula is C12H26N2. The molecule has 0 atom stereocenters. The Kier molecular flexibility index (Phi) is 3.59. The third-order valence-corrected chi connectivity index (χ3v) is 3.20. The molecule has 0 saturated heterocycles. The van der Waals surface area contributed by atoms with Crippen LogP contribution in [0.3, 0.4) is 0 Å². The molecule has 0 bridgehead atoms. The molecule has 2 nitrogen and oxygen atoms in total. The highest BCUT2D eigenvalue weighted by atomic mass is 15.1. The molecule has 1 fully saturated rings. The van der Waals surface area contributed by atoms with Crippen LogP contribution in [0.1, 0.15) is 40.0 Å². The molecule has 0 unspecified atom stereocenters. The Hall–Kier alpha value is -0.0800. The molecule has 0 radical (unpaired) electrons. The molecule has 0 aromatic rings. The van der Waals surface area contributed by atoms with Gasteiger partial charge in [0.15, 0.2) is 0 Å². The number of rotatable bonds is 4. The van der Waals surface area contributed by atoms with E-state index < -0.39 is 0 Å². The molecule has 0 aliphatic heterocycles. The topological polar surface area (TPSA) is 29.3 Å². The lowest BCUT2D eigenvalue weighted by atomic mass is 9.68. The maximum Gasteiger partial charge on any atom is 0.00472 e. The van der Waals surface area contributed by atoms with Crippen molar-refractivity contribution in [3.05, 3.63) is 0 Å². The van der Waals surface area contributed by atoms with E-state index in [1.807, 2.05) is 0 Å². The van der Waals surface area contributed by atoms with Gasteiger partial charge in [-0.25, -0.2) is 0 Å². The third kappa shape index (κ3) is 3.25. The zero-order valence-electron chi connectivity index (χ0n) is 10.3. The van der Waals surface area contributed by atoms with Crippen LogP contribution in [0.5, 0.6) is 0 Å². The number of hydrogen-bond donors (Lipinski definition) is 1. The maximum atomic E-state index is 5.85. The second kappa shape index (κ2) is 4.19. The highest BCUT2D eigenvalue weighted by molar-refractivity contribution is 4.91. The van der Waals surface area contributed by atoms with Crippen LogP contribution in [-0.2, 0) is 0 Å². The highest BCUT2D eigenvalue weighted by Crippen LogP contribution is 2.40. The summed E-state index contributed by atoms with van der Waals surface area (Å²) >= 11 is 0. The van der Waals surface area contributed by atoms with Gasteiger partial charge >= 0.3 is 0 Å². The molecule has 0 amide bonds. The van der Waals surface area contributed by atoms with Crippen LogP contribution in [0.15, 0.2) is 0 Å². The van der Waals surface area contributed by atoms with Gasteiger partial charge in [-0.1, -0.05) is 27.2 Å². The smallest absolute Gasteiger partial charge is 0.00472 e. The summed E-state index contributed by atoms with van der Waals surface area (Å²) in [6.07, 6.45) is 4.04. The summed E-state index contributed by atoms with van der Waals surface area (Å²) in [6, 6.07) is 0. The lowest BCUT2D eigenvalue weighted by Crippen LogP contribution is -2.47. The van der Waals surface area contributed by atoms with Crippen molar-refractivity contribution in [1.29, 1.82) is 0 Å². The van der Waals surface area contributed by atoms with Crippen molar-refractivity contribution < 1.29 is 0 Å². The van der Waals surface area contributed by atoms with Crippen LogP contribution in [0.4, 0.5) is 0 Å². The second-order valence-electron chi connectivity index (χ2n) is 6.29. The molecule has 0 heterocycles. The van der Waals surface area contributed by atoms with Crippen molar-refractivity contribution in [2.75, 3.05) is 26.7 Å². The number of nitrogens with zero attached hydrogens (tertiary/aromatic N) is 1. The Balaban J connectivity index is 2.36. The lowest BCUT2D eigenvalue weighted by Gasteiger charge is -2.44. The predicted molar refractivity (Wildman–Crippen MR) is 62.3 cm³/mol. The van der Waals surface area contributed by atoms with Gasteiger partial charge < -0.3 is 10.6 Å². The average molecular weight is 198 g/mol. The van der Waals surface area contributed by atoms with Gasteiger partial charge in [0.1, 0.15) is 0 Å². The minimum Gasteiger partial charge on any atom is -0.330 e. The first-order valence-corrected chi connectivity index (χ1v) is 5.76. The van der Waals surface area contributed by atoms with Gasteiger partial charge in [-0.05, 0) is 37.3 Å². The molecule has 1 saturated carbocycles. The fourth-order valence-electron chi connectivity index (χ4n) is 2.54. The predicted octanol–water partition coefficient (Wildman–Crippen LogP) is 2.09. The zero-order chi connectivity index (χ0) is 10.8. The molecule has 1 rings (SSSR count). The summed E-state index contributed by atoms with van der Waals surface area (Å²) in [6.45, 7) is 10.1. The van der Waals surface area contributed by atoms with Crippen molar-refractivity contribution >= 4 is 0 Å². The van der Waals surface area contributed by atoms with Crippen LogP contribution < -0.4 is 5.73 Å². The van der Waals surface area contributed by atoms with Crippen molar-refractivity contribution in [1.82, 2.24) is 4.90 Å². The molecule has 1 aliphatic carbocycles. The maximum absolute atomic E-state index is 5.85. The summed E-state index contributed by atoms with van der Waals surface area (Å²) in [5.41, 5.74) is 6.71. The summed E-state index contributed by atoms with van der Waals surface area (Å²) in [7, 11) is 2.22. The van der Waals surface area contributed by atoms with Crippen LogP contribution in [0.25, 0.3) is 0 Å². The second-order valence-corrected chi connectivity index (χ2v) is 6.29. The minimum atomic E-state index is 0.397. The number of nitrogens with two attached hydrogens (primary N) is 1. The van der Waals surface area contributed by atoms with Crippen LogP contribution in [0, 0.1) is 10.8 Å². The molecule has 84 valence electrons. The van der Waals surface area contributed by atoms with E-state index in [4.69, 9.17) is 5.73 Å². The van der Waals surface area contributed by atoms with E-state index in [0.29, 0.717) is 10.8 Å². The van der Waals surface area contributed by atoms with Crippen molar-refractivity contribution in [3.8, 4) is 0 Å². The molecule has 2 N–H and O–H groups in total. The van der Waals surface area contributed by atoms with E-state index in [2.05, 4.69) is 32.7 Å². The molecule has 0 aromatic carbocycles. The number of hydrogen-bond acceptors (Lipinski definition) is 2. The summed E-state index contributed by atoms with van der Waals surface area (Å²) in [5.74, 6) is 0. The van der Waals surface area contributed by atoms with Gasteiger partial charge in [-0.3, -0.25) is 0 Å². The molecule has 2 heteroatoms. The SMILES string of the molecule is CN(CC(C)(C)C)CC1(CN)CCC1. The first-order chi connectivity index (χ1) is 6.37. The van der Waals surface area contributed by atoms with Gasteiger partial charge in [0, 0.05) is 13.1 Å². The Bertz CT molecular complexity index is 172. The third-order valence-electron chi connectivity index (χ3n) is 3.20. The van der Waals surface area contributed by atoms with E-state index in [0.717, 1.165) is 13.1 Å². The van der Waals surface area contributed by atoms with Crippen LogP contribution >= 0.6 is 0 Å². The first kappa shape index (κ1) is 12.0. The van der Waals surface area contributed by atoms with E-state index in [-0.39, 0.29) is 0 Å². The van der Waals surface area contributed by atoms with Gasteiger partial charge in [-0.15, -0.1) is 0 Å². The summed E-state index contributed by atoms with van der Waals surface area (Å²) in [4.78, 5) is 2.45. The van der Waals surface area contributed by atoms with Crippen molar-refractivity contribution in [2.24, 2.45) is 16.6 Å². The van der Waals surface area contributed by atoms with Gasteiger partial charge in [0.05, 0.1) is 0 Å². The monoisotopic (exact) mass is 198 g/mol. The Labute approximate surface area is 88.8 Å². The minimum absolute atomic E-state index is 0.397. The summed E-state index contributed by atoms with van der Waals surface area (Å²) < 4.78 is 0. The van der Waals surface area contributed by atoms with Gasteiger partial charge in [0.25, 0.3) is 0 Å². The Morgan fingerprint density at radius 3 is 2.14 bits per heavy atom. The van der Waals surface area contributed by atoms with Crippen molar-refractivity contribution in [2.45, 2.75) is 40.0 Å². The van der Waals surface area contributed by atoms with E-state index in [9.17, 15) is 0 Å². The molecule has 0 spiro atoms. The van der Waals surface area contributed by atoms with Crippen LogP contribution in [-0.4, -0.2) is 31.6 Å². The van der Waals surface area contributed by atoms with E-state index >= 15 is 0 Å². The Morgan fingerprint density at radius 2 is 1.86 bits per heavy atom. The fourth-order valence-corrected chi connectivity index (χ4v) is 2.54. The molecule has 1 aliphatic rings. The standard InChI is InChI=1S/C12H26N2/c1-11(2,3)9-14(4)10-12(8-13)6-5-7-12/h5-10,13H2,1-4H3. The zero-order valence-corrected chi connectivity index (χ0v) is 10.3. The normalized spacial score (nSPS) is 21.0. The van der Waals surface area contributed by atoms with Crippen LogP contribution in [0.2, 0.25) is 0 Å². The van der Waals surface area contributed by atoms with E-state index in [1.54, 1.807) is 0 Å². The van der Waals surface area contributed by atoms with Crippen molar-refractivity contribution in [3.63, 3.8) is 0 Å². The first-order valence-electron chi connectivity index (χ1n) is 5.76. The molecule has 0 aromatic heterocycles. The fraction of sp³-hybridized carbons (Fsp3) is 1.00. The lowest BCUT2D eigenvalue weighted by molar-refractivity contribution is 0.0721. The molecule has 14 heavy (non-hydrogen) atoms. The highest BCUT2D eigenvalue weighted by Gasteiger charge is 2.36. The Morgan fingerprint density at radius 1 is 1.29 bits per heavy atom. The van der Waals surface area contributed by atoms with Gasteiger partial charge in [0.2, 0.25) is 0 Å². The van der Waals surface area contributed by atoms with E-state index in [1.165, 1.54) is 25.8 Å². The van der Waals surface area contributed by atoms with Gasteiger partial charge in [-0.2, -0.15) is 0 Å². The quantitative estimate of drug-likeness (QED) is 0.749. The average Bonchev–Trinajstić information content (AvgIpc) is 1.93. The molecular weight excluding hydrogens is 172 g/mol. The summed E-state index contributed by atoms with van der Waals surface area (Å²) in [5, 5.41) is 0.